The van der Waals surface area contributed by atoms with E-state index in [0.29, 0.717) is 5.92 Å². The third-order valence-electron chi connectivity index (χ3n) is 4.17. The second-order valence-electron chi connectivity index (χ2n) is 5.61. The molecule has 0 aromatic heterocycles. The number of hydrogen-bond acceptors (Lipinski definition) is 1. The molecule has 14 heavy (non-hydrogen) atoms. The lowest BCUT2D eigenvalue weighted by Crippen LogP contribution is -2.16. The van der Waals surface area contributed by atoms with Crippen molar-refractivity contribution < 1.29 is 5.11 Å². The van der Waals surface area contributed by atoms with Crippen LogP contribution in [0.25, 0.3) is 0 Å². The largest absolute Gasteiger partial charge is 0.393 e. The molecule has 0 aliphatic heterocycles. The highest BCUT2D eigenvalue weighted by Crippen LogP contribution is 2.37. The van der Waals surface area contributed by atoms with Crippen LogP contribution in [0.3, 0.4) is 0 Å². The topological polar surface area (TPSA) is 20.2 Å². The van der Waals surface area contributed by atoms with Gasteiger partial charge in [-0.1, -0.05) is 32.6 Å². The Labute approximate surface area is 87.9 Å². The molecule has 1 heteroatoms. The molecule has 0 bridgehead atoms. The first-order valence-corrected chi connectivity index (χ1v) is 6.43. The molecule has 2 saturated carbocycles. The van der Waals surface area contributed by atoms with Crippen molar-refractivity contribution in [3.8, 4) is 0 Å². The molecule has 0 spiro atoms. The third-order valence-corrected chi connectivity index (χ3v) is 4.17. The van der Waals surface area contributed by atoms with E-state index in [1.165, 1.54) is 44.9 Å². The Balaban J connectivity index is 1.60. The summed E-state index contributed by atoms with van der Waals surface area (Å²) in [5.74, 6) is 2.57. The van der Waals surface area contributed by atoms with E-state index in [4.69, 9.17) is 0 Å². The molecule has 0 radical (unpaired) electrons. The van der Waals surface area contributed by atoms with Crippen molar-refractivity contribution in [3.63, 3.8) is 0 Å². The zero-order chi connectivity index (χ0) is 9.97. The Morgan fingerprint density at radius 1 is 1.07 bits per heavy atom. The van der Waals surface area contributed by atoms with Gasteiger partial charge in [-0.3, -0.25) is 0 Å². The van der Waals surface area contributed by atoms with E-state index in [0.717, 1.165) is 18.3 Å². The van der Waals surface area contributed by atoms with E-state index in [1.807, 2.05) is 0 Å². The minimum absolute atomic E-state index is 0.0364. The number of aliphatic hydroxyl groups is 1. The Hall–Kier alpha value is -0.0400. The SMILES string of the molecule is CC1CCC(CCC(O)C2CC2)CC1. The molecule has 2 aliphatic rings. The van der Waals surface area contributed by atoms with Crippen LogP contribution in [0.2, 0.25) is 0 Å². The molecule has 0 saturated heterocycles. The summed E-state index contributed by atoms with van der Waals surface area (Å²) in [5, 5.41) is 9.77. The fourth-order valence-electron chi connectivity index (χ4n) is 2.74. The average Bonchev–Trinajstić information content (AvgIpc) is 3.00. The van der Waals surface area contributed by atoms with Crippen LogP contribution in [-0.4, -0.2) is 11.2 Å². The molecule has 0 heterocycles. The third kappa shape index (κ3) is 2.98. The molecule has 2 aliphatic carbocycles. The molecular weight excluding hydrogens is 172 g/mol. The van der Waals surface area contributed by atoms with Gasteiger partial charge in [-0.05, 0) is 43.4 Å². The van der Waals surface area contributed by atoms with Gasteiger partial charge in [0.25, 0.3) is 0 Å². The first kappa shape index (κ1) is 10.5. The second-order valence-corrected chi connectivity index (χ2v) is 5.61. The lowest BCUT2D eigenvalue weighted by atomic mass is 9.80. The molecule has 0 amide bonds. The zero-order valence-corrected chi connectivity index (χ0v) is 9.41. The standard InChI is InChI=1S/C13H24O/c1-10-2-4-11(5-3-10)6-9-13(14)12-7-8-12/h10-14H,2-9H2,1H3. The first-order chi connectivity index (χ1) is 6.75. The molecule has 1 N–H and O–H groups in total. The molecule has 1 unspecified atom stereocenters. The van der Waals surface area contributed by atoms with Crippen molar-refractivity contribution in [2.45, 2.75) is 64.4 Å². The van der Waals surface area contributed by atoms with E-state index < -0.39 is 0 Å². The van der Waals surface area contributed by atoms with Crippen LogP contribution >= 0.6 is 0 Å². The maximum atomic E-state index is 9.77. The highest BCUT2D eigenvalue weighted by molar-refractivity contribution is 4.81. The molecule has 2 fully saturated rings. The summed E-state index contributed by atoms with van der Waals surface area (Å²) in [6.07, 6.45) is 10.6. The molecule has 1 nitrogen and oxygen atoms in total. The van der Waals surface area contributed by atoms with Gasteiger partial charge in [0.1, 0.15) is 0 Å². The van der Waals surface area contributed by atoms with Gasteiger partial charge in [0.15, 0.2) is 0 Å². The quantitative estimate of drug-likeness (QED) is 0.731. The number of aliphatic hydroxyl groups excluding tert-OH is 1. The van der Waals surface area contributed by atoms with Gasteiger partial charge >= 0.3 is 0 Å². The van der Waals surface area contributed by atoms with Gasteiger partial charge in [-0.2, -0.15) is 0 Å². The van der Waals surface area contributed by atoms with Crippen LogP contribution in [0.15, 0.2) is 0 Å². The summed E-state index contributed by atoms with van der Waals surface area (Å²) in [7, 11) is 0. The Morgan fingerprint density at radius 2 is 1.71 bits per heavy atom. The first-order valence-electron chi connectivity index (χ1n) is 6.43. The van der Waals surface area contributed by atoms with E-state index in [2.05, 4.69) is 6.92 Å². The van der Waals surface area contributed by atoms with Crippen molar-refractivity contribution in [3.05, 3.63) is 0 Å². The molecule has 0 aromatic carbocycles. The summed E-state index contributed by atoms with van der Waals surface area (Å²) in [5.41, 5.74) is 0. The van der Waals surface area contributed by atoms with E-state index in [1.54, 1.807) is 0 Å². The highest BCUT2D eigenvalue weighted by atomic mass is 16.3. The van der Waals surface area contributed by atoms with Crippen LogP contribution in [0.5, 0.6) is 0 Å². The van der Waals surface area contributed by atoms with Crippen molar-refractivity contribution >= 4 is 0 Å². The summed E-state index contributed by atoms with van der Waals surface area (Å²) in [6.45, 7) is 2.37. The van der Waals surface area contributed by atoms with Crippen LogP contribution in [0.4, 0.5) is 0 Å². The van der Waals surface area contributed by atoms with E-state index in [-0.39, 0.29) is 6.10 Å². The fourth-order valence-corrected chi connectivity index (χ4v) is 2.74. The maximum Gasteiger partial charge on any atom is 0.0568 e. The smallest absolute Gasteiger partial charge is 0.0568 e. The van der Waals surface area contributed by atoms with Gasteiger partial charge < -0.3 is 5.11 Å². The van der Waals surface area contributed by atoms with Crippen molar-refractivity contribution in [1.29, 1.82) is 0 Å². The summed E-state index contributed by atoms with van der Waals surface area (Å²) < 4.78 is 0. The van der Waals surface area contributed by atoms with Crippen molar-refractivity contribution in [1.82, 2.24) is 0 Å². The Bertz CT molecular complexity index is 166. The zero-order valence-electron chi connectivity index (χ0n) is 9.41. The minimum Gasteiger partial charge on any atom is -0.393 e. The van der Waals surface area contributed by atoms with Crippen LogP contribution < -0.4 is 0 Å². The lowest BCUT2D eigenvalue weighted by molar-refractivity contribution is 0.126. The van der Waals surface area contributed by atoms with Gasteiger partial charge in [-0.25, -0.2) is 0 Å². The molecule has 0 aromatic rings. The maximum absolute atomic E-state index is 9.77. The number of hydrogen-bond donors (Lipinski definition) is 1. The van der Waals surface area contributed by atoms with Gasteiger partial charge in [0, 0.05) is 0 Å². The molecule has 1 atom stereocenters. The highest BCUT2D eigenvalue weighted by Gasteiger charge is 2.30. The summed E-state index contributed by atoms with van der Waals surface area (Å²) in [4.78, 5) is 0. The summed E-state index contributed by atoms with van der Waals surface area (Å²) >= 11 is 0. The molecular formula is C13H24O. The second kappa shape index (κ2) is 4.65. The van der Waals surface area contributed by atoms with Crippen LogP contribution in [0, 0.1) is 17.8 Å². The average molecular weight is 196 g/mol. The van der Waals surface area contributed by atoms with Crippen molar-refractivity contribution in [2.75, 3.05) is 0 Å². The monoisotopic (exact) mass is 196 g/mol. The Kier molecular flexibility index (Phi) is 3.48. The predicted molar refractivity (Wildman–Crippen MR) is 59.1 cm³/mol. The van der Waals surface area contributed by atoms with E-state index in [9.17, 15) is 5.11 Å². The number of rotatable bonds is 4. The predicted octanol–water partition coefficient (Wildman–Crippen LogP) is 3.36. The Morgan fingerprint density at radius 3 is 2.29 bits per heavy atom. The van der Waals surface area contributed by atoms with Gasteiger partial charge in [0.2, 0.25) is 0 Å². The molecule has 82 valence electrons. The lowest BCUT2D eigenvalue weighted by Gasteiger charge is -2.26. The van der Waals surface area contributed by atoms with Crippen LogP contribution in [-0.2, 0) is 0 Å². The van der Waals surface area contributed by atoms with Crippen LogP contribution in [0.1, 0.15) is 58.3 Å². The van der Waals surface area contributed by atoms with Gasteiger partial charge in [-0.15, -0.1) is 0 Å². The molecule has 2 rings (SSSR count). The fraction of sp³-hybridized carbons (Fsp3) is 1.00. The summed E-state index contributed by atoms with van der Waals surface area (Å²) in [6, 6.07) is 0. The normalized spacial score (nSPS) is 35.6. The van der Waals surface area contributed by atoms with E-state index >= 15 is 0 Å². The minimum atomic E-state index is 0.0364. The van der Waals surface area contributed by atoms with Gasteiger partial charge in [0.05, 0.1) is 6.10 Å². The van der Waals surface area contributed by atoms with Crippen molar-refractivity contribution in [2.24, 2.45) is 17.8 Å².